The van der Waals surface area contributed by atoms with Gasteiger partial charge in [0.1, 0.15) is 17.1 Å². The minimum atomic E-state index is -0.640. The molecular formula is C28H23FN4O4. The smallest absolute Gasteiger partial charge is 0.331 e. The van der Waals surface area contributed by atoms with Gasteiger partial charge in [-0.2, -0.15) is 9.67 Å². The Kier molecular flexibility index (Phi) is 6.04. The zero-order valence-electron chi connectivity index (χ0n) is 20.4. The lowest BCUT2D eigenvalue weighted by Crippen LogP contribution is -2.40. The van der Waals surface area contributed by atoms with Gasteiger partial charge in [0, 0.05) is 17.2 Å². The van der Waals surface area contributed by atoms with Gasteiger partial charge in [0.05, 0.1) is 24.2 Å². The molecule has 2 aromatic heterocycles. The molecule has 4 aromatic rings. The van der Waals surface area contributed by atoms with E-state index in [1.54, 1.807) is 54.2 Å². The van der Waals surface area contributed by atoms with Gasteiger partial charge in [0.2, 0.25) is 0 Å². The molecule has 0 atom stereocenters. The van der Waals surface area contributed by atoms with Crippen molar-refractivity contribution in [1.29, 1.82) is 0 Å². The van der Waals surface area contributed by atoms with E-state index in [0.29, 0.717) is 23.5 Å². The minimum Gasteiger partial charge on any atom is -0.858 e. The molecule has 0 saturated carbocycles. The van der Waals surface area contributed by atoms with Crippen molar-refractivity contribution in [2.45, 2.75) is 20.3 Å². The third kappa shape index (κ3) is 4.04. The maximum absolute atomic E-state index is 13.9. The molecule has 0 spiro atoms. The first-order valence-electron chi connectivity index (χ1n) is 11.6. The van der Waals surface area contributed by atoms with Gasteiger partial charge >= 0.3 is 5.91 Å². The molecule has 2 amide bonds. The number of hydrogen-bond acceptors (Lipinski definition) is 5. The van der Waals surface area contributed by atoms with Crippen molar-refractivity contribution < 1.29 is 28.4 Å². The number of rotatable bonds is 6. The average molecular weight is 499 g/mol. The Hall–Kier alpha value is -4.79. The van der Waals surface area contributed by atoms with E-state index in [2.05, 4.69) is 5.10 Å². The lowest BCUT2D eigenvalue weighted by atomic mass is 10.0. The number of methoxy groups -OCH3 is 1. The van der Waals surface area contributed by atoms with Crippen molar-refractivity contribution in [1.82, 2.24) is 9.78 Å². The third-order valence-electron chi connectivity index (χ3n) is 6.26. The number of halogens is 1. The van der Waals surface area contributed by atoms with Gasteiger partial charge in [0.15, 0.2) is 12.4 Å². The zero-order valence-corrected chi connectivity index (χ0v) is 20.4. The lowest BCUT2D eigenvalue weighted by Gasteiger charge is -2.16. The van der Waals surface area contributed by atoms with Crippen LogP contribution in [0.15, 0.2) is 73.1 Å². The highest BCUT2D eigenvalue weighted by Gasteiger charge is 2.47. The number of anilines is 1. The van der Waals surface area contributed by atoms with Crippen molar-refractivity contribution in [3.05, 3.63) is 95.7 Å². The van der Waals surface area contributed by atoms with Gasteiger partial charge in [-0.25, -0.2) is 14.0 Å². The van der Waals surface area contributed by atoms with Crippen LogP contribution >= 0.6 is 0 Å². The Labute approximate surface area is 212 Å². The first kappa shape index (κ1) is 23.9. The van der Waals surface area contributed by atoms with Crippen LogP contribution in [0.5, 0.6) is 11.6 Å². The van der Waals surface area contributed by atoms with Gasteiger partial charge in [-0.15, -0.1) is 0 Å². The van der Waals surface area contributed by atoms with Crippen molar-refractivity contribution in [3.63, 3.8) is 0 Å². The van der Waals surface area contributed by atoms with E-state index in [1.165, 1.54) is 31.4 Å². The molecule has 2 aromatic carbocycles. The van der Waals surface area contributed by atoms with E-state index in [0.717, 1.165) is 15.1 Å². The van der Waals surface area contributed by atoms with E-state index in [9.17, 15) is 19.1 Å². The number of aryl methyl sites for hydroxylation is 2. The van der Waals surface area contributed by atoms with E-state index in [4.69, 9.17) is 4.74 Å². The Balaban J connectivity index is 1.72. The van der Waals surface area contributed by atoms with Crippen LogP contribution in [0.4, 0.5) is 10.1 Å². The summed E-state index contributed by atoms with van der Waals surface area (Å²) in [6.07, 6.45) is 4.14. The van der Waals surface area contributed by atoms with Gasteiger partial charge in [0.25, 0.3) is 11.6 Å². The number of nitrogens with zero attached hydrogens (tertiary/aromatic N) is 4. The molecule has 1 aliphatic heterocycles. The quantitative estimate of drug-likeness (QED) is 0.301. The topological polar surface area (TPSA) is 91.4 Å². The number of pyridine rings is 1. The van der Waals surface area contributed by atoms with Crippen LogP contribution in [0.25, 0.3) is 17.0 Å². The summed E-state index contributed by atoms with van der Waals surface area (Å²) in [6.45, 7) is 3.58. The fourth-order valence-corrected chi connectivity index (χ4v) is 4.37. The van der Waals surface area contributed by atoms with E-state index in [1.807, 2.05) is 13.0 Å². The van der Waals surface area contributed by atoms with Crippen LogP contribution < -0.4 is 19.3 Å². The van der Waals surface area contributed by atoms with E-state index >= 15 is 0 Å². The summed E-state index contributed by atoms with van der Waals surface area (Å²) in [5, 5.41) is 17.9. The first-order chi connectivity index (χ1) is 17.8. The largest absolute Gasteiger partial charge is 0.858 e. The summed E-state index contributed by atoms with van der Waals surface area (Å²) in [7, 11) is 1.52. The van der Waals surface area contributed by atoms with E-state index in [-0.39, 0.29) is 22.5 Å². The number of benzene rings is 2. The molecule has 3 heterocycles. The van der Waals surface area contributed by atoms with Gasteiger partial charge in [-0.05, 0) is 73.8 Å². The Morgan fingerprint density at radius 2 is 1.68 bits per heavy atom. The van der Waals surface area contributed by atoms with Gasteiger partial charge in [-0.3, -0.25) is 9.59 Å². The summed E-state index contributed by atoms with van der Waals surface area (Å²) in [5.74, 6) is -1.68. The Morgan fingerprint density at radius 3 is 2.32 bits per heavy atom. The SMILES string of the molecule is CCc1ccc[n+](C2=C(c3c(C)nn(-c4ccc(F)cc4)c3[O-])C(=O)N(c3ccc(OC)cc3)C2=O)c1. The summed E-state index contributed by atoms with van der Waals surface area (Å²) < 4.78 is 21.3. The van der Waals surface area contributed by atoms with Crippen LogP contribution in [0.2, 0.25) is 0 Å². The summed E-state index contributed by atoms with van der Waals surface area (Å²) in [5.41, 5.74) is 1.91. The molecule has 0 bridgehead atoms. The van der Waals surface area contributed by atoms with Crippen LogP contribution in [0.1, 0.15) is 23.7 Å². The van der Waals surface area contributed by atoms with Crippen LogP contribution in [-0.4, -0.2) is 28.7 Å². The van der Waals surface area contributed by atoms with Gasteiger partial charge < -0.3 is 9.84 Å². The predicted molar refractivity (Wildman–Crippen MR) is 132 cm³/mol. The van der Waals surface area contributed by atoms with Crippen LogP contribution in [0.3, 0.4) is 0 Å². The summed E-state index contributed by atoms with van der Waals surface area (Å²) in [6, 6.07) is 15.5. The second kappa shape index (κ2) is 9.34. The minimum absolute atomic E-state index is 0.0167. The number of hydrogen-bond donors (Lipinski definition) is 0. The molecule has 37 heavy (non-hydrogen) atoms. The molecule has 0 radical (unpaired) electrons. The van der Waals surface area contributed by atoms with Crippen molar-refractivity contribution in [3.8, 4) is 17.3 Å². The highest BCUT2D eigenvalue weighted by atomic mass is 19.1. The lowest BCUT2D eigenvalue weighted by molar-refractivity contribution is -0.577. The molecule has 8 nitrogen and oxygen atoms in total. The van der Waals surface area contributed by atoms with E-state index < -0.39 is 23.5 Å². The maximum atomic E-state index is 13.9. The predicted octanol–water partition coefficient (Wildman–Crippen LogP) is 3.19. The maximum Gasteiger partial charge on any atom is 0.331 e. The molecule has 9 heteroatoms. The second-order valence-corrected chi connectivity index (χ2v) is 8.49. The Bertz CT molecular complexity index is 1560. The number of carbonyl (C=O) groups is 2. The fourth-order valence-electron chi connectivity index (χ4n) is 4.37. The van der Waals surface area contributed by atoms with Gasteiger partial charge in [-0.1, -0.05) is 6.92 Å². The third-order valence-corrected chi connectivity index (χ3v) is 6.26. The fraction of sp³-hybridized carbons (Fsp3) is 0.143. The molecule has 0 fully saturated rings. The number of imide groups is 1. The molecule has 0 saturated heterocycles. The summed E-state index contributed by atoms with van der Waals surface area (Å²) >= 11 is 0. The van der Waals surface area contributed by atoms with Crippen molar-refractivity contribution >= 4 is 28.8 Å². The molecule has 0 aliphatic carbocycles. The molecule has 186 valence electrons. The number of carbonyl (C=O) groups excluding carboxylic acids is 2. The van der Waals surface area contributed by atoms with Crippen LogP contribution in [0, 0.1) is 12.7 Å². The molecule has 0 N–H and O–H groups in total. The second-order valence-electron chi connectivity index (χ2n) is 8.49. The monoisotopic (exact) mass is 498 g/mol. The van der Waals surface area contributed by atoms with Crippen LogP contribution in [-0.2, 0) is 16.0 Å². The number of amides is 2. The molecule has 5 rings (SSSR count). The van der Waals surface area contributed by atoms with Crippen molar-refractivity contribution in [2.75, 3.05) is 12.0 Å². The van der Waals surface area contributed by atoms with Crippen molar-refractivity contribution in [2.24, 2.45) is 0 Å². The molecule has 0 unspecified atom stereocenters. The first-order valence-corrected chi connectivity index (χ1v) is 11.6. The molecule has 1 aliphatic rings. The molecular weight excluding hydrogens is 475 g/mol. The highest BCUT2D eigenvalue weighted by molar-refractivity contribution is 6.53. The summed E-state index contributed by atoms with van der Waals surface area (Å²) in [4.78, 5) is 28.7. The Morgan fingerprint density at radius 1 is 1.00 bits per heavy atom. The zero-order chi connectivity index (χ0) is 26.3. The normalized spacial score (nSPS) is 13.6. The number of ether oxygens (including phenoxy) is 1. The highest BCUT2D eigenvalue weighted by Crippen LogP contribution is 2.38. The number of aromatic nitrogens is 3. The standard InChI is InChI=1S/C28H23FN4O4/c1-4-18-6-5-15-31(16-18)25-24(26(34)32(28(25)36)20-11-13-22(37-3)14-12-20)23-17(2)30-33(27(23)35)21-9-7-19(29)8-10-21/h5-16H,4H2,1-3H3. The average Bonchev–Trinajstić information content (AvgIpc) is 3.34.